The SMILES string of the molecule is CN(c1ncc(B2OC(C)(C)C(C)(C)O2)cn1)C1CCN(CCN)CC1. The Kier molecular flexibility index (Phi) is 5.58. The summed E-state index contributed by atoms with van der Waals surface area (Å²) in [6, 6.07) is 0.465. The van der Waals surface area contributed by atoms with E-state index in [0.29, 0.717) is 6.04 Å². The van der Waals surface area contributed by atoms with Crippen molar-refractivity contribution in [3.8, 4) is 0 Å². The highest BCUT2D eigenvalue weighted by Crippen LogP contribution is 2.36. The third-order valence-electron chi connectivity index (χ3n) is 6.05. The molecule has 26 heavy (non-hydrogen) atoms. The molecule has 2 aliphatic heterocycles. The number of likely N-dealkylation sites (tertiary alicyclic amines) is 1. The molecule has 7 nitrogen and oxygen atoms in total. The van der Waals surface area contributed by atoms with E-state index >= 15 is 0 Å². The summed E-state index contributed by atoms with van der Waals surface area (Å²) < 4.78 is 12.1. The van der Waals surface area contributed by atoms with Gasteiger partial charge in [0.15, 0.2) is 0 Å². The van der Waals surface area contributed by atoms with E-state index in [9.17, 15) is 0 Å². The molecule has 144 valence electrons. The Hall–Kier alpha value is -1.22. The smallest absolute Gasteiger partial charge is 0.399 e. The van der Waals surface area contributed by atoms with Gasteiger partial charge < -0.3 is 24.8 Å². The van der Waals surface area contributed by atoms with Crippen LogP contribution < -0.4 is 16.1 Å². The minimum Gasteiger partial charge on any atom is -0.399 e. The number of piperidine rings is 1. The van der Waals surface area contributed by atoms with Gasteiger partial charge in [0.25, 0.3) is 0 Å². The van der Waals surface area contributed by atoms with Crippen LogP contribution in [0.4, 0.5) is 5.95 Å². The van der Waals surface area contributed by atoms with E-state index in [4.69, 9.17) is 15.0 Å². The Labute approximate surface area is 157 Å². The van der Waals surface area contributed by atoms with Crippen molar-refractivity contribution in [2.45, 2.75) is 57.8 Å². The summed E-state index contributed by atoms with van der Waals surface area (Å²) in [6.07, 6.45) is 5.87. The number of hydrogen-bond acceptors (Lipinski definition) is 7. The van der Waals surface area contributed by atoms with E-state index in [-0.39, 0.29) is 11.2 Å². The summed E-state index contributed by atoms with van der Waals surface area (Å²) in [7, 11) is 1.66. The molecule has 2 saturated heterocycles. The number of nitrogens with two attached hydrogens (primary N) is 1. The van der Waals surface area contributed by atoms with Crippen LogP contribution in [0.15, 0.2) is 12.4 Å². The maximum atomic E-state index is 6.07. The molecule has 0 spiro atoms. The van der Waals surface area contributed by atoms with Crippen LogP contribution in [-0.4, -0.2) is 72.5 Å². The van der Waals surface area contributed by atoms with Gasteiger partial charge in [-0.15, -0.1) is 0 Å². The number of nitrogens with zero attached hydrogens (tertiary/aromatic N) is 4. The lowest BCUT2D eigenvalue weighted by atomic mass is 9.81. The summed E-state index contributed by atoms with van der Waals surface area (Å²) in [6.45, 7) is 12.1. The fraction of sp³-hybridized carbons (Fsp3) is 0.778. The van der Waals surface area contributed by atoms with E-state index in [1.165, 1.54) is 0 Å². The largest absolute Gasteiger partial charge is 0.498 e. The lowest BCUT2D eigenvalue weighted by Crippen LogP contribution is -2.45. The molecular weight excluding hydrogens is 329 g/mol. The molecule has 0 amide bonds. The Morgan fingerprint density at radius 3 is 2.19 bits per heavy atom. The van der Waals surface area contributed by atoms with Crippen LogP contribution in [0, 0.1) is 0 Å². The van der Waals surface area contributed by atoms with Crippen LogP contribution >= 0.6 is 0 Å². The average molecular weight is 361 g/mol. The van der Waals surface area contributed by atoms with Crippen LogP contribution in [0.3, 0.4) is 0 Å². The second-order valence-electron chi connectivity index (χ2n) is 8.38. The summed E-state index contributed by atoms with van der Waals surface area (Å²) >= 11 is 0. The topological polar surface area (TPSA) is 76.7 Å². The second kappa shape index (κ2) is 7.42. The summed E-state index contributed by atoms with van der Waals surface area (Å²) in [5, 5.41) is 0. The lowest BCUT2D eigenvalue weighted by Gasteiger charge is -2.36. The summed E-state index contributed by atoms with van der Waals surface area (Å²) in [5.41, 5.74) is 5.80. The molecular formula is C18H32BN5O2. The van der Waals surface area contributed by atoms with Crippen molar-refractivity contribution in [2.24, 2.45) is 5.73 Å². The van der Waals surface area contributed by atoms with Crippen molar-refractivity contribution in [2.75, 3.05) is 38.1 Å². The minimum atomic E-state index is -0.418. The fourth-order valence-electron chi connectivity index (χ4n) is 3.49. The van der Waals surface area contributed by atoms with Crippen LogP contribution in [-0.2, 0) is 9.31 Å². The molecule has 3 rings (SSSR count). The van der Waals surface area contributed by atoms with Gasteiger partial charge in [0.2, 0.25) is 5.95 Å². The number of aromatic nitrogens is 2. The zero-order chi connectivity index (χ0) is 18.9. The first-order valence-corrected chi connectivity index (χ1v) is 9.56. The molecule has 2 N–H and O–H groups in total. The van der Waals surface area contributed by atoms with Crippen molar-refractivity contribution in [1.29, 1.82) is 0 Å². The molecule has 2 aliphatic rings. The lowest BCUT2D eigenvalue weighted by molar-refractivity contribution is 0.00578. The highest BCUT2D eigenvalue weighted by Gasteiger charge is 2.52. The normalized spacial score (nSPS) is 23.4. The Balaban J connectivity index is 1.61. The predicted molar refractivity (Wildman–Crippen MR) is 105 cm³/mol. The average Bonchev–Trinajstić information content (AvgIpc) is 2.83. The Bertz CT molecular complexity index is 586. The fourth-order valence-corrected chi connectivity index (χ4v) is 3.49. The molecule has 0 saturated carbocycles. The van der Waals surface area contributed by atoms with Gasteiger partial charge in [-0.2, -0.15) is 0 Å². The summed E-state index contributed by atoms with van der Waals surface area (Å²) in [4.78, 5) is 13.8. The molecule has 1 aromatic rings. The summed E-state index contributed by atoms with van der Waals surface area (Å²) in [5.74, 6) is 0.752. The zero-order valence-electron chi connectivity index (χ0n) is 16.7. The van der Waals surface area contributed by atoms with E-state index in [2.05, 4.69) is 26.8 Å². The maximum Gasteiger partial charge on any atom is 0.498 e. The minimum absolute atomic E-state index is 0.357. The third kappa shape index (κ3) is 3.88. The first kappa shape index (κ1) is 19.5. The molecule has 8 heteroatoms. The van der Waals surface area contributed by atoms with E-state index in [0.717, 1.165) is 50.4 Å². The van der Waals surface area contributed by atoms with Crippen molar-refractivity contribution < 1.29 is 9.31 Å². The Morgan fingerprint density at radius 1 is 1.15 bits per heavy atom. The molecule has 1 aromatic heterocycles. The number of rotatable bonds is 5. The third-order valence-corrected chi connectivity index (χ3v) is 6.05. The predicted octanol–water partition coefficient (Wildman–Crippen LogP) is 0.635. The molecule has 0 aromatic carbocycles. The molecule has 3 heterocycles. The van der Waals surface area contributed by atoms with Crippen molar-refractivity contribution in [1.82, 2.24) is 14.9 Å². The van der Waals surface area contributed by atoms with E-state index in [1.807, 2.05) is 40.1 Å². The van der Waals surface area contributed by atoms with Crippen LogP contribution in [0.1, 0.15) is 40.5 Å². The molecule has 0 radical (unpaired) electrons. The Morgan fingerprint density at radius 2 is 1.69 bits per heavy atom. The molecule has 0 atom stereocenters. The quantitative estimate of drug-likeness (QED) is 0.771. The monoisotopic (exact) mass is 361 g/mol. The highest BCUT2D eigenvalue weighted by molar-refractivity contribution is 6.61. The molecule has 2 fully saturated rings. The highest BCUT2D eigenvalue weighted by atomic mass is 16.7. The van der Waals surface area contributed by atoms with Gasteiger partial charge in [-0.25, -0.2) is 9.97 Å². The molecule has 0 unspecified atom stereocenters. The van der Waals surface area contributed by atoms with Gasteiger partial charge in [-0.3, -0.25) is 0 Å². The van der Waals surface area contributed by atoms with Crippen molar-refractivity contribution in [3.05, 3.63) is 12.4 Å². The van der Waals surface area contributed by atoms with Gasteiger partial charge in [-0.05, 0) is 40.5 Å². The van der Waals surface area contributed by atoms with Gasteiger partial charge in [-0.1, -0.05) is 0 Å². The second-order valence-corrected chi connectivity index (χ2v) is 8.38. The van der Waals surface area contributed by atoms with Crippen molar-refractivity contribution >= 4 is 18.5 Å². The van der Waals surface area contributed by atoms with Crippen molar-refractivity contribution in [3.63, 3.8) is 0 Å². The number of anilines is 1. The van der Waals surface area contributed by atoms with Gasteiger partial charge in [0.1, 0.15) is 0 Å². The first-order chi connectivity index (χ1) is 12.2. The van der Waals surface area contributed by atoms with Crippen LogP contribution in [0.25, 0.3) is 0 Å². The van der Waals surface area contributed by atoms with E-state index in [1.54, 1.807) is 0 Å². The van der Waals surface area contributed by atoms with E-state index < -0.39 is 7.12 Å². The standard InChI is InChI=1S/C18H32BN5O2/c1-17(2)18(3,4)26-19(25-17)14-12-21-16(22-13-14)23(5)15-6-9-24(10-7-15)11-8-20/h12-13,15H,6-11,20H2,1-5H3. The zero-order valence-corrected chi connectivity index (χ0v) is 16.7. The number of hydrogen-bond donors (Lipinski definition) is 1. The van der Waals surface area contributed by atoms with Crippen LogP contribution in [0.2, 0.25) is 0 Å². The van der Waals surface area contributed by atoms with Gasteiger partial charge in [0, 0.05) is 57.1 Å². The first-order valence-electron chi connectivity index (χ1n) is 9.56. The van der Waals surface area contributed by atoms with Gasteiger partial charge in [0.05, 0.1) is 11.2 Å². The molecule has 0 aliphatic carbocycles. The van der Waals surface area contributed by atoms with Crippen LogP contribution in [0.5, 0.6) is 0 Å². The maximum absolute atomic E-state index is 6.07. The van der Waals surface area contributed by atoms with Gasteiger partial charge >= 0.3 is 7.12 Å². The molecule has 0 bridgehead atoms.